The summed E-state index contributed by atoms with van der Waals surface area (Å²) >= 11 is 0. The topological polar surface area (TPSA) is 70.3 Å². The lowest BCUT2D eigenvalue weighted by molar-refractivity contribution is 0.137. The average Bonchev–Trinajstić information content (AvgIpc) is 2.71. The van der Waals surface area contributed by atoms with E-state index in [2.05, 4.69) is 9.97 Å². The maximum Gasteiger partial charge on any atom is 0.232 e. The van der Waals surface area contributed by atoms with Crippen molar-refractivity contribution in [1.29, 1.82) is 0 Å². The smallest absolute Gasteiger partial charge is 0.232 e. The molecular formula is C9H13N3O2. The Morgan fingerprint density at radius 1 is 1.57 bits per heavy atom. The van der Waals surface area contributed by atoms with Crippen LogP contribution in [0.25, 0.3) is 0 Å². The molecule has 1 unspecified atom stereocenters. The van der Waals surface area contributed by atoms with E-state index in [-0.39, 0.29) is 6.10 Å². The second-order valence-corrected chi connectivity index (χ2v) is 3.16. The van der Waals surface area contributed by atoms with Crippen molar-refractivity contribution in [3.05, 3.63) is 18.1 Å². The summed E-state index contributed by atoms with van der Waals surface area (Å²) in [4.78, 5) is 8.18. The largest absolute Gasteiger partial charge is 0.471 e. The fourth-order valence-corrected chi connectivity index (χ4v) is 1.32. The van der Waals surface area contributed by atoms with Crippen LogP contribution in [0.15, 0.2) is 12.4 Å². The van der Waals surface area contributed by atoms with Gasteiger partial charge in [0.05, 0.1) is 25.1 Å². The van der Waals surface area contributed by atoms with Crippen molar-refractivity contribution in [2.75, 3.05) is 13.2 Å². The van der Waals surface area contributed by atoms with Gasteiger partial charge in [0.25, 0.3) is 0 Å². The van der Waals surface area contributed by atoms with Gasteiger partial charge in [-0.1, -0.05) is 0 Å². The number of hydrogen-bond donors (Lipinski definition) is 1. The van der Waals surface area contributed by atoms with Gasteiger partial charge in [-0.15, -0.1) is 0 Å². The molecule has 14 heavy (non-hydrogen) atoms. The van der Waals surface area contributed by atoms with Gasteiger partial charge in [0.15, 0.2) is 0 Å². The van der Waals surface area contributed by atoms with Crippen molar-refractivity contribution in [3.8, 4) is 5.88 Å². The van der Waals surface area contributed by atoms with Crippen LogP contribution < -0.4 is 10.5 Å². The molecule has 0 aliphatic carbocycles. The normalized spacial score (nSPS) is 21.1. The molecule has 2 rings (SSSR count). The summed E-state index contributed by atoms with van der Waals surface area (Å²) in [6.45, 7) is 1.77. The van der Waals surface area contributed by atoms with Crippen molar-refractivity contribution < 1.29 is 9.47 Å². The van der Waals surface area contributed by atoms with Gasteiger partial charge in [0, 0.05) is 19.2 Å². The summed E-state index contributed by atoms with van der Waals surface area (Å²) in [5.74, 6) is 0.531. The predicted molar refractivity (Wildman–Crippen MR) is 49.8 cm³/mol. The molecule has 1 aliphatic heterocycles. The van der Waals surface area contributed by atoms with Crippen LogP contribution in [0.2, 0.25) is 0 Å². The van der Waals surface area contributed by atoms with Gasteiger partial charge in [-0.3, -0.25) is 4.98 Å². The van der Waals surface area contributed by atoms with Crippen LogP contribution in [-0.4, -0.2) is 29.3 Å². The van der Waals surface area contributed by atoms with Gasteiger partial charge in [-0.05, 0) is 0 Å². The van der Waals surface area contributed by atoms with Crippen LogP contribution in [-0.2, 0) is 11.3 Å². The van der Waals surface area contributed by atoms with E-state index in [1.807, 2.05) is 0 Å². The van der Waals surface area contributed by atoms with Crippen molar-refractivity contribution in [2.24, 2.45) is 5.73 Å². The fraction of sp³-hybridized carbons (Fsp3) is 0.556. The Morgan fingerprint density at radius 3 is 3.21 bits per heavy atom. The van der Waals surface area contributed by atoms with E-state index in [1.165, 1.54) is 0 Å². The fourth-order valence-electron chi connectivity index (χ4n) is 1.32. The third-order valence-corrected chi connectivity index (χ3v) is 2.05. The first-order valence-corrected chi connectivity index (χ1v) is 4.64. The first-order valence-electron chi connectivity index (χ1n) is 4.64. The Hall–Kier alpha value is -1.20. The van der Waals surface area contributed by atoms with E-state index in [9.17, 15) is 0 Å². The summed E-state index contributed by atoms with van der Waals surface area (Å²) in [5.41, 5.74) is 6.18. The van der Waals surface area contributed by atoms with Crippen LogP contribution in [0.3, 0.4) is 0 Å². The Labute approximate surface area is 82.3 Å². The van der Waals surface area contributed by atoms with Gasteiger partial charge < -0.3 is 15.2 Å². The molecule has 1 atom stereocenters. The molecule has 1 aromatic rings. The van der Waals surface area contributed by atoms with Crippen LogP contribution in [0.4, 0.5) is 0 Å². The number of nitrogens with zero attached hydrogens (tertiary/aromatic N) is 2. The van der Waals surface area contributed by atoms with Gasteiger partial charge >= 0.3 is 0 Å². The molecule has 0 bridgehead atoms. The summed E-state index contributed by atoms with van der Waals surface area (Å²) in [6.07, 6.45) is 4.25. The van der Waals surface area contributed by atoms with Crippen molar-refractivity contribution in [1.82, 2.24) is 9.97 Å². The molecule has 0 radical (unpaired) electrons. The second kappa shape index (κ2) is 4.34. The van der Waals surface area contributed by atoms with Crippen molar-refractivity contribution in [3.63, 3.8) is 0 Å². The van der Waals surface area contributed by atoms with Gasteiger partial charge in [-0.25, -0.2) is 4.98 Å². The zero-order chi connectivity index (χ0) is 9.80. The number of hydrogen-bond acceptors (Lipinski definition) is 5. The highest BCUT2D eigenvalue weighted by Crippen LogP contribution is 2.13. The Kier molecular flexibility index (Phi) is 2.90. The SMILES string of the molecule is NCc1cncc(OC2CCOC2)n1. The molecule has 76 valence electrons. The van der Waals surface area contributed by atoms with Crippen LogP contribution in [0.5, 0.6) is 5.88 Å². The first-order chi connectivity index (χ1) is 6.88. The van der Waals surface area contributed by atoms with E-state index in [0.29, 0.717) is 19.0 Å². The monoisotopic (exact) mass is 195 g/mol. The zero-order valence-electron chi connectivity index (χ0n) is 7.85. The summed E-state index contributed by atoms with van der Waals surface area (Å²) in [7, 11) is 0. The van der Waals surface area contributed by atoms with E-state index < -0.39 is 0 Å². The first kappa shape index (κ1) is 9.36. The van der Waals surface area contributed by atoms with Gasteiger partial charge in [0.2, 0.25) is 5.88 Å². The third-order valence-electron chi connectivity index (χ3n) is 2.05. The van der Waals surface area contributed by atoms with E-state index in [1.54, 1.807) is 12.4 Å². The molecule has 2 N–H and O–H groups in total. The molecule has 1 saturated heterocycles. The minimum absolute atomic E-state index is 0.109. The standard InChI is InChI=1S/C9H13N3O2/c10-3-7-4-11-5-9(12-7)14-8-1-2-13-6-8/h4-5,8H,1-3,6,10H2. The number of nitrogens with two attached hydrogens (primary N) is 1. The molecule has 0 aromatic carbocycles. The number of rotatable bonds is 3. The summed E-state index contributed by atoms with van der Waals surface area (Å²) in [5, 5.41) is 0. The minimum Gasteiger partial charge on any atom is -0.471 e. The van der Waals surface area contributed by atoms with Crippen molar-refractivity contribution in [2.45, 2.75) is 19.1 Å². The van der Waals surface area contributed by atoms with Gasteiger partial charge in [0.1, 0.15) is 6.10 Å². The molecule has 1 aliphatic rings. The second-order valence-electron chi connectivity index (χ2n) is 3.16. The predicted octanol–water partition coefficient (Wildman–Crippen LogP) is 0.103. The van der Waals surface area contributed by atoms with E-state index >= 15 is 0 Å². The molecule has 0 amide bonds. The molecule has 5 nitrogen and oxygen atoms in total. The van der Waals surface area contributed by atoms with Gasteiger partial charge in [-0.2, -0.15) is 0 Å². The van der Waals surface area contributed by atoms with E-state index in [0.717, 1.165) is 18.7 Å². The molecular weight excluding hydrogens is 182 g/mol. The molecule has 1 fully saturated rings. The lowest BCUT2D eigenvalue weighted by Crippen LogP contribution is -2.17. The average molecular weight is 195 g/mol. The molecule has 0 saturated carbocycles. The maximum atomic E-state index is 5.56. The highest BCUT2D eigenvalue weighted by atomic mass is 16.5. The number of aromatic nitrogens is 2. The Morgan fingerprint density at radius 2 is 2.50 bits per heavy atom. The molecule has 2 heterocycles. The molecule has 1 aromatic heterocycles. The van der Waals surface area contributed by atoms with Crippen LogP contribution in [0, 0.1) is 0 Å². The zero-order valence-corrected chi connectivity index (χ0v) is 7.85. The highest BCUT2D eigenvalue weighted by Gasteiger charge is 2.17. The summed E-state index contributed by atoms with van der Waals surface area (Å²) < 4.78 is 10.8. The van der Waals surface area contributed by atoms with Crippen LogP contribution >= 0.6 is 0 Å². The minimum atomic E-state index is 0.109. The lowest BCUT2D eigenvalue weighted by atomic mass is 10.3. The molecule has 5 heteroatoms. The number of ether oxygens (including phenoxy) is 2. The quantitative estimate of drug-likeness (QED) is 0.740. The maximum absolute atomic E-state index is 5.56. The highest BCUT2D eigenvalue weighted by molar-refractivity contribution is 5.08. The van der Waals surface area contributed by atoms with Crippen LogP contribution in [0.1, 0.15) is 12.1 Å². The summed E-state index contributed by atoms with van der Waals surface area (Å²) in [6, 6.07) is 0. The lowest BCUT2D eigenvalue weighted by Gasteiger charge is -2.10. The van der Waals surface area contributed by atoms with Crippen molar-refractivity contribution >= 4 is 0 Å². The molecule has 0 spiro atoms. The Bertz CT molecular complexity index is 300. The third kappa shape index (κ3) is 2.18. The Balaban J connectivity index is 2.00. The van der Waals surface area contributed by atoms with E-state index in [4.69, 9.17) is 15.2 Å².